The molecule has 4 nitrogen and oxygen atoms in total. The Bertz CT molecular complexity index is 183. The molecule has 0 saturated carbocycles. The minimum atomic E-state index is 0.0976. The van der Waals surface area contributed by atoms with Crippen molar-refractivity contribution in [1.29, 1.82) is 0 Å². The van der Waals surface area contributed by atoms with Crippen LogP contribution in [0.5, 0.6) is 0 Å². The van der Waals surface area contributed by atoms with Crippen LogP contribution < -0.4 is 5.73 Å². The largest absolute Gasteiger partial charge is 0.328 e. The third kappa shape index (κ3) is 1.39. The molecule has 1 rings (SSSR count). The van der Waals surface area contributed by atoms with E-state index in [1.165, 1.54) is 0 Å². The van der Waals surface area contributed by atoms with Crippen molar-refractivity contribution in [2.75, 3.05) is 20.1 Å². The molecule has 1 saturated heterocycles. The molecular formula is C8H17N3O. The van der Waals surface area contributed by atoms with Gasteiger partial charge in [0, 0.05) is 32.2 Å². The molecule has 0 aromatic rings. The maximum Gasteiger partial charge on any atom is 0.320 e. The summed E-state index contributed by atoms with van der Waals surface area (Å²) in [5.41, 5.74) is 5.49. The summed E-state index contributed by atoms with van der Waals surface area (Å²) in [6.07, 6.45) is 0. The summed E-state index contributed by atoms with van der Waals surface area (Å²) in [4.78, 5) is 15.1. The second-order valence-electron chi connectivity index (χ2n) is 3.48. The van der Waals surface area contributed by atoms with Gasteiger partial charge in [-0.3, -0.25) is 0 Å². The lowest BCUT2D eigenvalue weighted by Crippen LogP contribution is -2.40. The fourth-order valence-electron chi connectivity index (χ4n) is 1.37. The van der Waals surface area contributed by atoms with Crippen LogP contribution in [0.1, 0.15) is 13.8 Å². The molecule has 2 unspecified atom stereocenters. The van der Waals surface area contributed by atoms with Gasteiger partial charge in [-0.1, -0.05) is 0 Å². The summed E-state index contributed by atoms with van der Waals surface area (Å²) in [7, 11) is 1.83. The fourth-order valence-corrected chi connectivity index (χ4v) is 1.37. The van der Waals surface area contributed by atoms with Crippen LogP contribution in [0.3, 0.4) is 0 Å². The molecule has 4 heteroatoms. The average molecular weight is 171 g/mol. The number of nitrogens with two attached hydrogens (primary N) is 1. The molecule has 0 aliphatic carbocycles. The van der Waals surface area contributed by atoms with E-state index < -0.39 is 0 Å². The van der Waals surface area contributed by atoms with Crippen LogP contribution in [0.4, 0.5) is 4.79 Å². The summed E-state index contributed by atoms with van der Waals surface area (Å²) < 4.78 is 0. The number of nitrogens with zero attached hydrogens (tertiary/aromatic N) is 2. The van der Waals surface area contributed by atoms with Gasteiger partial charge in [0.25, 0.3) is 0 Å². The normalized spacial score (nSPS) is 26.7. The summed E-state index contributed by atoms with van der Waals surface area (Å²) in [6.45, 7) is 5.35. The van der Waals surface area contributed by atoms with Crippen LogP contribution in [0.15, 0.2) is 0 Å². The lowest BCUT2D eigenvalue weighted by molar-refractivity contribution is 0.185. The van der Waals surface area contributed by atoms with E-state index in [2.05, 4.69) is 0 Å². The molecule has 1 aliphatic heterocycles. The van der Waals surface area contributed by atoms with Crippen LogP contribution in [0.2, 0.25) is 0 Å². The van der Waals surface area contributed by atoms with E-state index >= 15 is 0 Å². The molecule has 2 amide bonds. The number of rotatable bonds is 2. The van der Waals surface area contributed by atoms with Gasteiger partial charge in [-0.25, -0.2) is 4.79 Å². The van der Waals surface area contributed by atoms with E-state index in [4.69, 9.17) is 5.73 Å². The molecule has 0 bridgehead atoms. The zero-order valence-electron chi connectivity index (χ0n) is 7.95. The third-order valence-corrected chi connectivity index (χ3v) is 2.54. The van der Waals surface area contributed by atoms with Crippen molar-refractivity contribution in [2.24, 2.45) is 5.73 Å². The molecule has 12 heavy (non-hydrogen) atoms. The Morgan fingerprint density at radius 1 is 1.75 bits per heavy atom. The van der Waals surface area contributed by atoms with E-state index in [0.717, 1.165) is 6.54 Å². The Hall–Kier alpha value is -0.770. The van der Waals surface area contributed by atoms with Crippen molar-refractivity contribution in [3.8, 4) is 0 Å². The van der Waals surface area contributed by atoms with Crippen molar-refractivity contribution in [3.63, 3.8) is 0 Å². The quantitative estimate of drug-likeness (QED) is 0.640. The highest BCUT2D eigenvalue weighted by atomic mass is 16.2. The predicted molar refractivity (Wildman–Crippen MR) is 47.8 cm³/mol. The van der Waals surface area contributed by atoms with Gasteiger partial charge in [-0.2, -0.15) is 0 Å². The number of hydrogen-bond donors (Lipinski definition) is 1. The van der Waals surface area contributed by atoms with Gasteiger partial charge >= 0.3 is 6.03 Å². The number of amides is 2. The van der Waals surface area contributed by atoms with Crippen LogP contribution in [-0.4, -0.2) is 48.1 Å². The number of likely N-dealkylation sites (N-methyl/N-ethyl adjacent to an activating group) is 1. The number of carbonyl (C=O) groups is 1. The Balaban J connectivity index is 2.64. The van der Waals surface area contributed by atoms with Crippen molar-refractivity contribution in [2.45, 2.75) is 25.9 Å². The number of hydrogen-bond acceptors (Lipinski definition) is 2. The Labute approximate surface area is 73.3 Å². The topological polar surface area (TPSA) is 49.6 Å². The van der Waals surface area contributed by atoms with E-state index in [1.807, 2.05) is 25.8 Å². The molecule has 0 spiro atoms. The van der Waals surface area contributed by atoms with Gasteiger partial charge in [0.05, 0.1) is 0 Å². The van der Waals surface area contributed by atoms with Crippen LogP contribution >= 0.6 is 0 Å². The molecule has 1 fully saturated rings. The number of carbonyl (C=O) groups excluding carboxylic acids is 1. The molecule has 2 N–H and O–H groups in total. The molecule has 2 atom stereocenters. The molecule has 70 valence electrons. The zero-order valence-corrected chi connectivity index (χ0v) is 7.95. The van der Waals surface area contributed by atoms with Crippen molar-refractivity contribution in [1.82, 2.24) is 9.80 Å². The lowest BCUT2D eigenvalue weighted by atomic mass is 10.3. The first-order valence-corrected chi connectivity index (χ1v) is 4.31. The summed E-state index contributed by atoms with van der Waals surface area (Å²) in [6, 6.07) is 0.567. The second-order valence-corrected chi connectivity index (χ2v) is 3.48. The molecule has 1 heterocycles. The maximum atomic E-state index is 11.5. The lowest BCUT2D eigenvalue weighted by Gasteiger charge is -2.22. The van der Waals surface area contributed by atoms with Gasteiger partial charge in [-0.05, 0) is 13.8 Å². The summed E-state index contributed by atoms with van der Waals surface area (Å²) in [5, 5.41) is 0. The van der Waals surface area contributed by atoms with Crippen LogP contribution in [0.25, 0.3) is 0 Å². The highest BCUT2D eigenvalue weighted by Gasteiger charge is 2.33. The van der Waals surface area contributed by atoms with Crippen LogP contribution in [0, 0.1) is 0 Å². The van der Waals surface area contributed by atoms with Crippen LogP contribution in [-0.2, 0) is 0 Å². The fraction of sp³-hybridized carbons (Fsp3) is 0.875. The molecule has 0 aromatic carbocycles. The van der Waals surface area contributed by atoms with Crippen molar-refractivity contribution >= 4 is 6.03 Å². The zero-order chi connectivity index (χ0) is 9.30. The van der Waals surface area contributed by atoms with Gasteiger partial charge < -0.3 is 15.5 Å². The number of urea groups is 1. The minimum Gasteiger partial charge on any atom is -0.328 e. The van der Waals surface area contributed by atoms with E-state index in [9.17, 15) is 4.79 Å². The first-order chi connectivity index (χ1) is 5.57. The van der Waals surface area contributed by atoms with Gasteiger partial charge in [0.1, 0.15) is 0 Å². The van der Waals surface area contributed by atoms with E-state index in [0.29, 0.717) is 12.6 Å². The predicted octanol–water partition coefficient (Wildman–Crippen LogP) is 0.0895. The Morgan fingerprint density at radius 3 is 2.67 bits per heavy atom. The summed E-state index contributed by atoms with van der Waals surface area (Å²) >= 11 is 0. The van der Waals surface area contributed by atoms with Crippen molar-refractivity contribution < 1.29 is 4.79 Å². The molecular weight excluding hydrogens is 154 g/mol. The monoisotopic (exact) mass is 171 g/mol. The van der Waals surface area contributed by atoms with Gasteiger partial charge in [-0.15, -0.1) is 0 Å². The minimum absolute atomic E-state index is 0.0976. The Kier molecular flexibility index (Phi) is 2.57. The first-order valence-electron chi connectivity index (χ1n) is 4.31. The van der Waals surface area contributed by atoms with Crippen molar-refractivity contribution in [3.05, 3.63) is 0 Å². The van der Waals surface area contributed by atoms with Gasteiger partial charge in [0.15, 0.2) is 0 Å². The third-order valence-electron chi connectivity index (χ3n) is 2.54. The molecule has 1 aliphatic rings. The highest BCUT2D eigenvalue weighted by molar-refractivity contribution is 5.77. The SMILES string of the molecule is CC1CN(C(C)CN)C(=O)N1C. The molecule has 0 radical (unpaired) electrons. The van der Waals surface area contributed by atoms with E-state index in [-0.39, 0.29) is 12.1 Å². The Morgan fingerprint density at radius 2 is 2.33 bits per heavy atom. The highest BCUT2D eigenvalue weighted by Crippen LogP contribution is 2.15. The molecule has 0 aromatic heterocycles. The van der Waals surface area contributed by atoms with Gasteiger partial charge in [0.2, 0.25) is 0 Å². The second kappa shape index (κ2) is 3.31. The first kappa shape index (κ1) is 9.32. The smallest absolute Gasteiger partial charge is 0.320 e. The maximum absolute atomic E-state index is 11.5. The standard InChI is InChI=1S/C8H17N3O/c1-6(4-9)11-5-7(2)10(3)8(11)12/h6-7H,4-5,9H2,1-3H3. The average Bonchev–Trinajstić information content (AvgIpc) is 2.32. The summed E-state index contributed by atoms with van der Waals surface area (Å²) in [5.74, 6) is 0. The van der Waals surface area contributed by atoms with E-state index in [1.54, 1.807) is 4.90 Å².